The molecule has 0 aromatic rings. The topological polar surface area (TPSA) is 74.6 Å². The third-order valence-electron chi connectivity index (χ3n) is 9.17. The number of aliphatic hydroxyl groups is 1. The maximum atomic E-state index is 12.4. The first-order valence-corrected chi connectivity index (χ1v) is 10.9. The Bertz CT molecular complexity index is 667. The maximum absolute atomic E-state index is 12.4. The predicted molar refractivity (Wildman–Crippen MR) is 103 cm³/mol. The van der Waals surface area contributed by atoms with Crippen LogP contribution in [0.1, 0.15) is 78.1 Å². The monoisotopic (exact) mass is 374 g/mol. The molecule has 4 aliphatic carbocycles. The Morgan fingerprint density at radius 2 is 1.96 bits per heavy atom. The van der Waals surface area contributed by atoms with E-state index in [0.717, 1.165) is 44.9 Å². The molecule has 0 aliphatic heterocycles. The molecule has 4 nitrogen and oxygen atoms in total. The number of aliphatic hydroxyl groups excluding tert-OH is 1. The van der Waals surface area contributed by atoms with Crippen molar-refractivity contribution in [3.05, 3.63) is 11.6 Å². The quantitative estimate of drug-likeness (QED) is 0.767. The number of ketones is 1. The van der Waals surface area contributed by atoms with E-state index in [-0.39, 0.29) is 35.1 Å². The van der Waals surface area contributed by atoms with E-state index >= 15 is 0 Å². The fraction of sp³-hybridized carbons (Fsp3) is 0.826. The van der Waals surface area contributed by atoms with Crippen LogP contribution in [0.4, 0.5) is 0 Å². The summed E-state index contributed by atoms with van der Waals surface area (Å²) < 4.78 is 0. The van der Waals surface area contributed by atoms with Gasteiger partial charge in [0.05, 0.1) is 6.10 Å². The first kappa shape index (κ1) is 19.2. The lowest BCUT2D eigenvalue weighted by Gasteiger charge is -2.60. The zero-order valence-electron chi connectivity index (χ0n) is 16.7. The van der Waals surface area contributed by atoms with Crippen LogP contribution in [-0.2, 0) is 9.59 Å². The largest absolute Gasteiger partial charge is 0.481 e. The fourth-order valence-corrected chi connectivity index (χ4v) is 7.64. The number of allylic oxidation sites excluding steroid dienone is 1. The van der Waals surface area contributed by atoms with Gasteiger partial charge in [-0.1, -0.05) is 19.4 Å². The van der Waals surface area contributed by atoms with Crippen LogP contribution >= 0.6 is 0 Å². The van der Waals surface area contributed by atoms with E-state index < -0.39 is 5.97 Å². The number of rotatable bonds is 4. The number of carbonyl (C=O) groups excluding carboxylic acids is 1. The minimum atomic E-state index is -0.743. The molecule has 0 aromatic carbocycles. The molecule has 7 atom stereocenters. The molecule has 0 radical (unpaired) electrons. The zero-order valence-corrected chi connectivity index (χ0v) is 16.7. The Morgan fingerprint density at radius 3 is 2.70 bits per heavy atom. The molecule has 150 valence electrons. The summed E-state index contributed by atoms with van der Waals surface area (Å²) in [6, 6.07) is 0. The van der Waals surface area contributed by atoms with E-state index in [1.54, 1.807) is 0 Å². The lowest BCUT2D eigenvalue weighted by atomic mass is 9.45. The van der Waals surface area contributed by atoms with Crippen LogP contribution in [0.3, 0.4) is 0 Å². The molecule has 27 heavy (non-hydrogen) atoms. The Kier molecular flexibility index (Phi) is 4.77. The molecule has 0 bridgehead atoms. The lowest BCUT2D eigenvalue weighted by molar-refractivity contribution is -0.137. The molecule has 0 amide bonds. The van der Waals surface area contributed by atoms with Gasteiger partial charge in [-0.05, 0) is 91.9 Å². The van der Waals surface area contributed by atoms with Crippen molar-refractivity contribution in [2.75, 3.05) is 0 Å². The first-order valence-electron chi connectivity index (χ1n) is 10.9. The average Bonchev–Trinajstić information content (AvgIpc) is 2.91. The molecule has 0 spiro atoms. The van der Waals surface area contributed by atoms with Crippen LogP contribution in [0, 0.1) is 34.5 Å². The van der Waals surface area contributed by atoms with Crippen molar-refractivity contribution < 1.29 is 19.8 Å². The molecule has 3 fully saturated rings. The van der Waals surface area contributed by atoms with Gasteiger partial charge < -0.3 is 10.2 Å². The van der Waals surface area contributed by atoms with E-state index in [0.29, 0.717) is 30.6 Å². The summed E-state index contributed by atoms with van der Waals surface area (Å²) in [7, 11) is 0. The molecule has 1 unspecified atom stereocenters. The van der Waals surface area contributed by atoms with Gasteiger partial charge in [0.2, 0.25) is 0 Å². The van der Waals surface area contributed by atoms with E-state index in [2.05, 4.69) is 13.8 Å². The number of carbonyl (C=O) groups is 2. The average molecular weight is 375 g/mol. The van der Waals surface area contributed by atoms with Crippen molar-refractivity contribution in [2.24, 2.45) is 34.5 Å². The Balaban J connectivity index is 1.63. The van der Waals surface area contributed by atoms with Crippen LogP contribution in [0.25, 0.3) is 0 Å². The van der Waals surface area contributed by atoms with Crippen molar-refractivity contribution in [3.63, 3.8) is 0 Å². The second-order valence-electron chi connectivity index (χ2n) is 10.2. The highest BCUT2D eigenvalue weighted by Gasteiger charge is 2.60. The van der Waals surface area contributed by atoms with Gasteiger partial charge >= 0.3 is 5.97 Å². The molecule has 0 saturated heterocycles. The van der Waals surface area contributed by atoms with E-state index in [1.165, 1.54) is 5.57 Å². The Morgan fingerprint density at radius 1 is 1.19 bits per heavy atom. The summed E-state index contributed by atoms with van der Waals surface area (Å²) in [5, 5.41) is 19.6. The number of hydrogen-bond donors (Lipinski definition) is 2. The predicted octanol–water partition coefficient (Wildman–Crippen LogP) is 4.36. The van der Waals surface area contributed by atoms with Crippen molar-refractivity contribution >= 4 is 11.8 Å². The van der Waals surface area contributed by atoms with Gasteiger partial charge in [0.1, 0.15) is 0 Å². The minimum Gasteiger partial charge on any atom is -0.481 e. The molecule has 0 heterocycles. The minimum absolute atomic E-state index is 0.0319. The number of carboxylic acids is 1. The van der Waals surface area contributed by atoms with E-state index in [4.69, 9.17) is 5.11 Å². The molecule has 4 heteroatoms. The summed E-state index contributed by atoms with van der Waals surface area (Å²) in [5.74, 6) is 1.57. The summed E-state index contributed by atoms with van der Waals surface area (Å²) in [6.07, 6.45) is 10.5. The van der Waals surface area contributed by atoms with Gasteiger partial charge in [-0.15, -0.1) is 0 Å². The van der Waals surface area contributed by atoms with E-state index in [1.807, 2.05) is 6.08 Å². The second kappa shape index (κ2) is 6.72. The first-order chi connectivity index (χ1) is 12.8. The molecule has 0 aromatic heterocycles. The van der Waals surface area contributed by atoms with Gasteiger partial charge in [-0.25, -0.2) is 0 Å². The Hall–Kier alpha value is -1.16. The normalized spacial score (nSPS) is 46.3. The SMILES string of the molecule is C[C@]12CC[C@H]3[C@@H](CCC4=CC(=O)CC(CCCC(=O)O)[C@@]43C)[C@@H]1CC[C@@H]2O. The maximum Gasteiger partial charge on any atom is 0.303 e. The molecule has 3 saturated carbocycles. The van der Waals surface area contributed by atoms with Crippen molar-refractivity contribution in [1.82, 2.24) is 0 Å². The highest BCUT2D eigenvalue weighted by molar-refractivity contribution is 5.92. The van der Waals surface area contributed by atoms with Crippen LogP contribution in [0.15, 0.2) is 11.6 Å². The smallest absolute Gasteiger partial charge is 0.303 e. The molecular weight excluding hydrogens is 340 g/mol. The summed E-state index contributed by atoms with van der Waals surface area (Å²) >= 11 is 0. The fourth-order valence-electron chi connectivity index (χ4n) is 7.64. The van der Waals surface area contributed by atoms with Gasteiger partial charge in [-0.2, -0.15) is 0 Å². The molecule has 2 N–H and O–H groups in total. The number of carboxylic acid groups (broad SMARTS) is 1. The Labute approximate surface area is 162 Å². The molecule has 4 rings (SSSR count). The highest BCUT2D eigenvalue weighted by Crippen LogP contribution is 2.66. The summed E-state index contributed by atoms with van der Waals surface area (Å²) in [6.45, 7) is 4.68. The van der Waals surface area contributed by atoms with E-state index in [9.17, 15) is 14.7 Å². The van der Waals surface area contributed by atoms with Crippen LogP contribution in [0.2, 0.25) is 0 Å². The highest BCUT2D eigenvalue weighted by atomic mass is 16.4. The van der Waals surface area contributed by atoms with Crippen LogP contribution < -0.4 is 0 Å². The standard InChI is InChI=1S/C23H34O4/c1-22-11-10-19-17(18(22)8-9-20(22)25)7-6-15-13-16(24)12-14(23(15,19)2)4-3-5-21(26)27/h13-14,17-20,25H,3-12H2,1-2H3,(H,26,27)/t14?,17-,18-,19-,20-,22-,23-/m0/s1. The van der Waals surface area contributed by atoms with Crippen LogP contribution in [0.5, 0.6) is 0 Å². The van der Waals surface area contributed by atoms with Gasteiger partial charge in [0, 0.05) is 12.8 Å². The summed E-state index contributed by atoms with van der Waals surface area (Å²) in [4.78, 5) is 23.4. The number of fused-ring (bicyclic) bond motifs is 5. The van der Waals surface area contributed by atoms with Crippen molar-refractivity contribution in [2.45, 2.75) is 84.2 Å². The lowest BCUT2D eigenvalue weighted by Crippen LogP contribution is -2.53. The number of aliphatic carboxylic acids is 1. The van der Waals surface area contributed by atoms with Crippen molar-refractivity contribution in [1.29, 1.82) is 0 Å². The zero-order chi connectivity index (χ0) is 19.4. The van der Waals surface area contributed by atoms with Gasteiger partial charge in [0.25, 0.3) is 0 Å². The van der Waals surface area contributed by atoms with Crippen molar-refractivity contribution in [3.8, 4) is 0 Å². The molecule has 4 aliphatic rings. The number of hydrogen-bond acceptors (Lipinski definition) is 3. The summed E-state index contributed by atoms with van der Waals surface area (Å²) in [5.41, 5.74) is 1.44. The third-order valence-corrected chi connectivity index (χ3v) is 9.17. The molecular formula is C23H34O4. The van der Waals surface area contributed by atoms with Gasteiger partial charge in [0.15, 0.2) is 5.78 Å². The second-order valence-corrected chi connectivity index (χ2v) is 10.2. The van der Waals surface area contributed by atoms with Crippen LogP contribution in [-0.4, -0.2) is 28.1 Å². The third kappa shape index (κ3) is 2.90. The van der Waals surface area contributed by atoms with Gasteiger partial charge in [-0.3, -0.25) is 9.59 Å².